The van der Waals surface area contributed by atoms with Gasteiger partial charge in [-0.3, -0.25) is 0 Å². The van der Waals surface area contributed by atoms with Crippen LogP contribution in [-0.2, 0) is 0 Å². The van der Waals surface area contributed by atoms with E-state index >= 15 is 0 Å². The number of imidazole rings is 1. The van der Waals surface area contributed by atoms with Crippen molar-refractivity contribution < 1.29 is 0 Å². The number of benzene rings is 2. The topological polar surface area (TPSA) is 28.7 Å². The van der Waals surface area contributed by atoms with Crippen molar-refractivity contribution in [3.8, 4) is 11.1 Å². The Bertz CT molecular complexity index is 629. The Balaban J connectivity index is 2.18. The van der Waals surface area contributed by atoms with Crippen molar-refractivity contribution in [2.45, 2.75) is 0 Å². The van der Waals surface area contributed by atoms with Crippen LogP contribution in [0.25, 0.3) is 22.2 Å². The molecule has 0 radical (unpaired) electrons. The van der Waals surface area contributed by atoms with Gasteiger partial charge in [-0.25, -0.2) is 4.98 Å². The summed E-state index contributed by atoms with van der Waals surface area (Å²) in [6.07, 6.45) is 0. The van der Waals surface area contributed by atoms with E-state index in [0.29, 0.717) is 0 Å². The van der Waals surface area contributed by atoms with Crippen molar-refractivity contribution in [3.05, 3.63) is 53.3 Å². The third-order valence-corrected chi connectivity index (χ3v) is 2.94. The minimum absolute atomic E-state index is 0.771. The van der Waals surface area contributed by atoms with Gasteiger partial charge in [-0.05, 0) is 39.2 Å². The monoisotopic (exact) mass is 272 g/mol. The molecule has 0 aliphatic rings. The van der Waals surface area contributed by atoms with E-state index in [9.17, 15) is 0 Å². The number of halogens is 1. The van der Waals surface area contributed by atoms with Crippen LogP contribution in [0, 0.1) is 0 Å². The zero-order valence-electron chi connectivity index (χ0n) is 8.44. The number of nitrogens with zero attached hydrogens (tertiary/aromatic N) is 1. The van der Waals surface area contributed by atoms with Crippen LogP contribution in [0.1, 0.15) is 0 Å². The van der Waals surface area contributed by atoms with Gasteiger partial charge in [0.05, 0.1) is 11.0 Å². The largest absolute Gasteiger partial charge is 0.332 e. The number of hydrogen-bond donors (Lipinski definition) is 1. The number of rotatable bonds is 1. The molecule has 0 atom stereocenters. The van der Waals surface area contributed by atoms with E-state index in [2.05, 4.69) is 50.2 Å². The third kappa shape index (κ3) is 1.63. The van der Waals surface area contributed by atoms with Gasteiger partial charge < -0.3 is 4.98 Å². The number of H-pyrrole nitrogens is 1. The van der Waals surface area contributed by atoms with Crippen LogP contribution in [0.4, 0.5) is 0 Å². The molecule has 0 saturated carbocycles. The van der Waals surface area contributed by atoms with E-state index in [1.807, 2.05) is 24.3 Å². The van der Waals surface area contributed by atoms with Gasteiger partial charge >= 0.3 is 0 Å². The average Bonchev–Trinajstić information content (AvgIpc) is 2.69. The second-order valence-corrected chi connectivity index (χ2v) is 4.38. The van der Waals surface area contributed by atoms with Crippen LogP contribution in [0.15, 0.2) is 53.3 Å². The normalized spacial score (nSPS) is 10.8. The molecule has 16 heavy (non-hydrogen) atoms. The molecule has 1 N–H and O–H groups in total. The van der Waals surface area contributed by atoms with Crippen LogP contribution >= 0.6 is 15.9 Å². The summed E-state index contributed by atoms with van der Waals surface area (Å²) in [7, 11) is 0. The zero-order valence-corrected chi connectivity index (χ0v) is 10.0. The van der Waals surface area contributed by atoms with Crippen LogP contribution in [0.3, 0.4) is 0 Å². The lowest BCUT2D eigenvalue weighted by Crippen LogP contribution is -1.77. The van der Waals surface area contributed by atoms with Gasteiger partial charge in [-0.2, -0.15) is 0 Å². The number of nitrogens with one attached hydrogen (secondary N) is 1. The molecule has 2 aromatic carbocycles. The Morgan fingerprint density at radius 2 is 1.75 bits per heavy atom. The molecule has 0 saturated heterocycles. The summed E-state index contributed by atoms with van der Waals surface area (Å²) < 4.78 is 0.771. The Labute approximate surface area is 101 Å². The minimum atomic E-state index is 0.771. The van der Waals surface area contributed by atoms with Gasteiger partial charge in [0, 0.05) is 0 Å². The van der Waals surface area contributed by atoms with E-state index in [0.717, 1.165) is 15.8 Å². The Hall–Kier alpha value is -1.61. The van der Waals surface area contributed by atoms with Crippen molar-refractivity contribution in [3.63, 3.8) is 0 Å². The molecule has 0 aliphatic carbocycles. The summed E-state index contributed by atoms with van der Waals surface area (Å²) in [4.78, 5) is 7.48. The summed E-state index contributed by atoms with van der Waals surface area (Å²) in [6, 6.07) is 16.5. The summed E-state index contributed by atoms with van der Waals surface area (Å²) in [6.45, 7) is 0. The number of aromatic nitrogens is 2. The Morgan fingerprint density at radius 1 is 0.938 bits per heavy atom. The number of hydrogen-bond acceptors (Lipinski definition) is 1. The SMILES string of the molecule is Brc1nc2ccc(-c3ccccc3)cc2[nH]1. The van der Waals surface area contributed by atoms with E-state index in [1.54, 1.807) is 0 Å². The summed E-state index contributed by atoms with van der Waals surface area (Å²) in [5.41, 5.74) is 4.44. The maximum atomic E-state index is 4.31. The molecule has 1 heterocycles. The minimum Gasteiger partial charge on any atom is -0.332 e. The zero-order chi connectivity index (χ0) is 11.0. The lowest BCUT2D eigenvalue weighted by molar-refractivity contribution is 1.27. The van der Waals surface area contributed by atoms with Crippen molar-refractivity contribution in [1.82, 2.24) is 9.97 Å². The van der Waals surface area contributed by atoms with Gasteiger partial charge in [-0.15, -0.1) is 0 Å². The average molecular weight is 273 g/mol. The number of aromatic amines is 1. The Morgan fingerprint density at radius 3 is 2.56 bits per heavy atom. The van der Waals surface area contributed by atoms with E-state index < -0.39 is 0 Å². The second kappa shape index (κ2) is 3.76. The second-order valence-electron chi connectivity index (χ2n) is 3.63. The lowest BCUT2D eigenvalue weighted by Gasteiger charge is -2.00. The summed E-state index contributed by atoms with van der Waals surface area (Å²) >= 11 is 3.34. The molecule has 0 unspecified atom stereocenters. The first-order chi connectivity index (χ1) is 7.83. The number of fused-ring (bicyclic) bond motifs is 1. The quantitative estimate of drug-likeness (QED) is 0.713. The molecule has 3 rings (SSSR count). The molecule has 0 bridgehead atoms. The molecule has 0 aliphatic heterocycles. The maximum Gasteiger partial charge on any atom is 0.175 e. The third-order valence-electron chi connectivity index (χ3n) is 2.56. The van der Waals surface area contributed by atoms with E-state index in [1.165, 1.54) is 11.1 Å². The van der Waals surface area contributed by atoms with E-state index in [-0.39, 0.29) is 0 Å². The predicted octanol–water partition coefficient (Wildman–Crippen LogP) is 3.99. The fourth-order valence-corrected chi connectivity index (χ4v) is 2.19. The molecule has 3 heteroatoms. The highest BCUT2D eigenvalue weighted by atomic mass is 79.9. The van der Waals surface area contributed by atoms with Crippen molar-refractivity contribution >= 4 is 27.0 Å². The van der Waals surface area contributed by atoms with Crippen molar-refractivity contribution in [2.75, 3.05) is 0 Å². The fourth-order valence-electron chi connectivity index (χ4n) is 1.79. The fraction of sp³-hybridized carbons (Fsp3) is 0. The van der Waals surface area contributed by atoms with E-state index in [4.69, 9.17) is 0 Å². The first-order valence-electron chi connectivity index (χ1n) is 5.03. The van der Waals surface area contributed by atoms with Gasteiger partial charge in [0.25, 0.3) is 0 Å². The van der Waals surface area contributed by atoms with Gasteiger partial charge in [-0.1, -0.05) is 36.4 Å². The Kier molecular flexibility index (Phi) is 2.26. The van der Waals surface area contributed by atoms with Crippen LogP contribution in [-0.4, -0.2) is 9.97 Å². The molecule has 0 fully saturated rings. The van der Waals surface area contributed by atoms with Gasteiger partial charge in [0.2, 0.25) is 0 Å². The highest BCUT2D eigenvalue weighted by molar-refractivity contribution is 9.10. The standard InChI is InChI=1S/C13H9BrN2/c14-13-15-11-7-6-10(8-12(11)16-13)9-4-2-1-3-5-9/h1-8H,(H,15,16). The van der Waals surface area contributed by atoms with Crippen LogP contribution in [0.2, 0.25) is 0 Å². The molecule has 0 amide bonds. The lowest BCUT2D eigenvalue weighted by atomic mass is 10.1. The predicted molar refractivity (Wildman–Crippen MR) is 69.2 cm³/mol. The first-order valence-corrected chi connectivity index (χ1v) is 5.83. The molecular formula is C13H9BrN2. The highest BCUT2D eigenvalue weighted by Gasteiger charge is 2.02. The molecule has 2 nitrogen and oxygen atoms in total. The van der Waals surface area contributed by atoms with Crippen LogP contribution in [0.5, 0.6) is 0 Å². The smallest absolute Gasteiger partial charge is 0.175 e. The van der Waals surface area contributed by atoms with Gasteiger partial charge in [0.15, 0.2) is 4.73 Å². The molecule has 3 aromatic rings. The molecule has 1 aromatic heterocycles. The molecule has 78 valence electrons. The van der Waals surface area contributed by atoms with Crippen LogP contribution < -0.4 is 0 Å². The maximum absolute atomic E-state index is 4.31. The molecule has 0 spiro atoms. The van der Waals surface area contributed by atoms with Crippen molar-refractivity contribution in [2.24, 2.45) is 0 Å². The van der Waals surface area contributed by atoms with Crippen molar-refractivity contribution in [1.29, 1.82) is 0 Å². The summed E-state index contributed by atoms with van der Waals surface area (Å²) in [5, 5.41) is 0. The first kappa shape index (κ1) is 9.60. The molecular weight excluding hydrogens is 264 g/mol. The summed E-state index contributed by atoms with van der Waals surface area (Å²) in [5.74, 6) is 0. The van der Waals surface area contributed by atoms with Gasteiger partial charge in [0.1, 0.15) is 0 Å². The highest BCUT2D eigenvalue weighted by Crippen LogP contribution is 2.23.